The van der Waals surface area contributed by atoms with Gasteiger partial charge in [-0.05, 0) is 37.9 Å². The number of rotatable bonds is 6. The zero-order chi connectivity index (χ0) is 20.0. The number of hydrogen-bond donors (Lipinski definition) is 2. The Kier molecular flexibility index (Phi) is 6.88. The third-order valence-electron chi connectivity index (χ3n) is 4.69. The molecule has 28 heavy (non-hydrogen) atoms. The fraction of sp³-hybridized carbons (Fsp3) is 0.632. The van der Waals surface area contributed by atoms with Gasteiger partial charge in [0, 0.05) is 19.6 Å². The first kappa shape index (κ1) is 20.6. The van der Waals surface area contributed by atoms with Crippen molar-refractivity contribution in [3.05, 3.63) is 24.3 Å². The molecule has 2 aliphatic heterocycles. The van der Waals surface area contributed by atoms with E-state index in [1.165, 1.54) is 4.90 Å². The van der Waals surface area contributed by atoms with Gasteiger partial charge in [-0.15, -0.1) is 0 Å². The van der Waals surface area contributed by atoms with Crippen LogP contribution in [0.2, 0.25) is 0 Å². The quantitative estimate of drug-likeness (QED) is 0.567. The third kappa shape index (κ3) is 6.19. The van der Waals surface area contributed by atoms with Gasteiger partial charge in [-0.3, -0.25) is 9.89 Å². The minimum atomic E-state index is -4.14. The van der Waals surface area contributed by atoms with Gasteiger partial charge in [-0.2, -0.15) is 13.2 Å². The number of guanidine groups is 1. The third-order valence-corrected chi connectivity index (χ3v) is 4.69. The van der Waals surface area contributed by atoms with E-state index in [1.807, 2.05) is 31.2 Å². The van der Waals surface area contributed by atoms with Crippen LogP contribution in [0.4, 0.5) is 13.2 Å². The Balaban J connectivity index is 1.46. The molecule has 0 amide bonds. The van der Waals surface area contributed by atoms with Crippen molar-refractivity contribution in [1.29, 1.82) is 0 Å². The molecule has 2 heterocycles. The number of likely N-dealkylation sites (tertiary alicyclic amines) is 1. The van der Waals surface area contributed by atoms with E-state index in [0.717, 1.165) is 17.9 Å². The van der Waals surface area contributed by atoms with Gasteiger partial charge < -0.3 is 20.1 Å². The van der Waals surface area contributed by atoms with Gasteiger partial charge in [0.05, 0.1) is 13.1 Å². The van der Waals surface area contributed by atoms with Crippen molar-refractivity contribution < 1.29 is 22.6 Å². The SMILES string of the molecule is CCNC(=NCC1CCN(CC(F)(F)F)C1)NCC1COc2ccccc2O1. The predicted molar refractivity (Wildman–Crippen MR) is 101 cm³/mol. The highest BCUT2D eigenvalue weighted by atomic mass is 19.4. The number of nitrogens with one attached hydrogen (secondary N) is 2. The van der Waals surface area contributed by atoms with Crippen molar-refractivity contribution >= 4 is 5.96 Å². The number of halogens is 3. The maximum Gasteiger partial charge on any atom is 0.401 e. The summed E-state index contributed by atoms with van der Waals surface area (Å²) in [5.74, 6) is 2.24. The van der Waals surface area contributed by atoms with Gasteiger partial charge in [0.25, 0.3) is 0 Å². The predicted octanol–water partition coefficient (Wildman–Crippen LogP) is 2.27. The Morgan fingerprint density at radius 2 is 2.04 bits per heavy atom. The second-order valence-electron chi connectivity index (χ2n) is 7.10. The van der Waals surface area contributed by atoms with Gasteiger partial charge in [0.15, 0.2) is 17.5 Å². The van der Waals surface area contributed by atoms with E-state index in [-0.39, 0.29) is 12.0 Å². The second kappa shape index (κ2) is 9.36. The van der Waals surface area contributed by atoms with Crippen LogP contribution >= 0.6 is 0 Å². The first-order valence-corrected chi connectivity index (χ1v) is 9.62. The molecule has 0 spiro atoms. The fourth-order valence-corrected chi connectivity index (χ4v) is 3.40. The topological polar surface area (TPSA) is 58.1 Å². The molecule has 1 saturated heterocycles. The molecule has 0 aromatic heterocycles. The Hall–Kier alpha value is -2.16. The average molecular weight is 400 g/mol. The number of alkyl halides is 3. The molecule has 2 aliphatic rings. The summed E-state index contributed by atoms with van der Waals surface area (Å²) in [6, 6.07) is 7.53. The molecule has 1 aromatic rings. The number of aliphatic imine (C=N–C) groups is 1. The second-order valence-corrected chi connectivity index (χ2v) is 7.10. The lowest BCUT2D eigenvalue weighted by molar-refractivity contribution is -0.143. The van der Waals surface area contributed by atoms with Crippen LogP contribution in [0.25, 0.3) is 0 Å². The zero-order valence-electron chi connectivity index (χ0n) is 16.0. The molecule has 0 bridgehead atoms. The van der Waals surface area contributed by atoms with Crippen molar-refractivity contribution in [2.45, 2.75) is 25.6 Å². The number of ether oxygens (including phenoxy) is 2. The molecule has 2 N–H and O–H groups in total. The molecule has 0 aliphatic carbocycles. The maximum absolute atomic E-state index is 12.5. The Bertz CT molecular complexity index is 669. The molecule has 0 saturated carbocycles. The monoisotopic (exact) mass is 400 g/mol. The summed E-state index contributed by atoms with van der Waals surface area (Å²) in [7, 11) is 0. The minimum absolute atomic E-state index is 0.138. The lowest BCUT2D eigenvalue weighted by Gasteiger charge is -2.27. The molecule has 156 valence electrons. The first-order valence-electron chi connectivity index (χ1n) is 9.62. The lowest BCUT2D eigenvalue weighted by atomic mass is 10.1. The fourth-order valence-electron chi connectivity index (χ4n) is 3.40. The highest BCUT2D eigenvalue weighted by Gasteiger charge is 2.34. The molecule has 9 heteroatoms. The van der Waals surface area contributed by atoms with Gasteiger partial charge in [-0.25, -0.2) is 0 Å². The van der Waals surface area contributed by atoms with E-state index < -0.39 is 12.7 Å². The standard InChI is InChI=1S/C19H27F3N4O2/c1-2-23-18(24-9-14-7-8-26(11-14)13-19(20,21)22)25-10-15-12-27-16-5-3-4-6-17(16)28-15/h3-6,14-15H,2,7-13H2,1H3,(H2,23,24,25). The summed E-state index contributed by atoms with van der Waals surface area (Å²) in [5.41, 5.74) is 0. The number of benzene rings is 1. The smallest absolute Gasteiger partial charge is 0.401 e. The Morgan fingerprint density at radius 1 is 1.25 bits per heavy atom. The molecule has 6 nitrogen and oxygen atoms in total. The van der Waals surface area contributed by atoms with Crippen molar-refractivity contribution in [3.63, 3.8) is 0 Å². The molecule has 2 unspecified atom stereocenters. The highest BCUT2D eigenvalue weighted by molar-refractivity contribution is 5.79. The van der Waals surface area contributed by atoms with E-state index in [1.54, 1.807) is 0 Å². The zero-order valence-corrected chi connectivity index (χ0v) is 16.0. The van der Waals surface area contributed by atoms with E-state index in [2.05, 4.69) is 15.6 Å². The summed E-state index contributed by atoms with van der Waals surface area (Å²) in [4.78, 5) is 5.99. The average Bonchev–Trinajstić information content (AvgIpc) is 3.09. The van der Waals surface area contributed by atoms with Gasteiger partial charge >= 0.3 is 6.18 Å². The number of nitrogens with zero attached hydrogens (tertiary/aromatic N) is 2. The summed E-state index contributed by atoms with van der Waals surface area (Å²) in [5, 5.41) is 6.40. The van der Waals surface area contributed by atoms with Crippen molar-refractivity contribution in [3.8, 4) is 11.5 Å². The molecule has 3 rings (SSSR count). The highest BCUT2D eigenvalue weighted by Crippen LogP contribution is 2.30. The normalized spacial score (nSPS) is 22.9. The minimum Gasteiger partial charge on any atom is -0.486 e. The summed E-state index contributed by atoms with van der Waals surface area (Å²) in [6.07, 6.45) is -3.56. The first-order chi connectivity index (χ1) is 13.4. The van der Waals surface area contributed by atoms with Crippen molar-refractivity contribution in [1.82, 2.24) is 15.5 Å². The van der Waals surface area contributed by atoms with Crippen LogP contribution < -0.4 is 20.1 Å². The van der Waals surface area contributed by atoms with Crippen molar-refractivity contribution in [2.24, 2.45) is 10.9 Å². The van der Waals surface area contributed by atoms with Crippen LogP contribution in [0, 0.1) is 5.92 Å². The Labute approximate surface area is 163 Å². The number of fused-ring (bicyclic) bond motifs is 1. The molecular weight excluding hydrogens is 373 g/mol. The van der Waals surface area contributed by atoms with E-state index in [4.69, 9.17) is 9.47 Å². The van der Waals surface area contributed by atoms with E-state index in [9.17, 15) is 13.2 Å². The van der Waals surface area contributed by atoms with Crippen molar-refractivity contribution in [2.75, 3.05) is 45.9 Å². The van der Waals surface area contributed by atoms with Crippen LogP contribution in [0.3, 0.4) is 0 Å². The molecular formula is C19H27F3N4O2. The summed E-state index contributed by atoms with van der Waals surface area (Å²) < 4.78 is 49.1. The number of para-hydroxylation sites is 2. The summed E-state index contributed by atoms with van der Waals surface area (Å²) >= 11 is 0. The van der Waals surface area contributed by atoms with Crippen LogP contribution in [0.5, 0.6) is 11.5 Å². The molecule has 1 fully saturated rings. The van der Waals surface area contributed by atoms with Crippen LogP contribution in [0.15, 0.2) is 29.3 Å². The molecule has 1 aromatic carbocycles. The maximum atomic E-state index is 12.5. The van der Waals surface area contributed by atoms with E-state index in [0.29, 0.717) is 45.3 Å². The van der Waals surface area contributed by atoms with Gasteiger partial charge in [0.2, 0.25) is 0 Å². The van der Waals surface area contributed by atoms with E-state index >= 15 is 0 Å². The number of hydrogen-bond acceptors (Lipinski definition) is 4. The van der Waals surface area contributed by atoms with Crippen LogP contribution in [-0.4, -0.2) is 69.0 Å². The molecule has 2 atom stereocenters. The largest absolute Gasteiger partial charge is 0.486 e. The molecule has 0 radical (unpaired) electrons. The Morgan fingerprint density at radius 3 is 2.79 bits per heavy atom. The lowest BCUT2D eigenvalue weighted by Crippen LogP contribution is -2.45. The summed E-state index contributed by atoms with van der Waals surface area (Å²) in [6.45, 7) is 4.18. The van der Waals surface area contributed by atoms with Crippen LogP contribution in [-0.2, 0) is 0 Å². The van der Waals surface area contributed by atoms with Crippen LogP contribution in [0.1, 0.15) is 13.3 Å². The van der Waals surface area contributed by atoms with Gasteiger partial charge in [-0.1, -0.05) is 12.1 Å². The van der Waals surface area contributed by atoms with Gasteiger partial charge in [0.1, 0.15) is 12.7 Å².